The average molecular weight is 452 g/mol. The lowest BCUT2D eigenvalue weighted by molar-refractivity contribution is -0.686. The van der Waals surface area contributed by atoms with Crippen LogP contribution in [0.15, 0.2) is 42.6 Å². The molecule has 1 aromatic heterocycles. The van der Waals surface area contributed by atoms with Crippen LogP contribution in [0.3, 0.4) is 0 Å². The molecule has 2 aliphatic rings. The number of ether oxygens (including phenoxy) is 3. The normalized spacial score (nSPS) is 13.2. The minimum atomic E-state index is -1.26. The second-order valence-corrected chi connectivity index (χ2v) is 7.50. The molecule has 0 radical (unpaired) electrons. The van der Waals surface area contributed by atoms with Crippen molar-refractivity contribution in [3.63, 3.8) is 0 Å². The third-order valence-electron chi connectivity index (χ3n) is 5.56. The van der Waals surface area contributed by atoms with E-state index in [4.69, 9.17) is 24.4 Å². The van der Waals surface area contributed by atoms with E-state index in [0.29, 0.717) is 17.9 Å². The van der Waals surface area contributed by atoms with Crippen molar-refractivity contribution in [2.75, 3.05) is 13.9 Å². The molecule has 0 unspecified atom stereocenters. The van der Waals surface area contributed by atoms with E-state index in [2.05, 4.69) is 23.8 Å². The van der Waals surface area contributed by atoms with Crippen molar-refractivity contribution in [3.8, 4) is 34.3 Å². The summed E-state index contributed by atoms with van der Waals surface area (Å²) in [5.74, 6) is -0.200. The standard InChI is InChI=1S/C20H17NO4.C4H4O4/c1-11-13-3-4-17-20(25-10-24-17)15(13)9-21-6-5-12-7-16(22)18(23-2)8-14(12)19(11)21;5-3(6)1-2-4(7)8/h3-4,7-9H,5-6,10H2,1-2H3;1-2H,(H,5,6)(H,7,8)/p+1/b;2-1+. The first-order chi connectivity index (χ1) is 15.8. The molecule has 0 fully saturated rings. The highest BCUT2D eigenvalue weighted by atomic mass is 16.7. The van der Waals surface area contributed by atoms with E-state index in [9.17, 15) is 14.7 Å². The molecule has 0 saturated carbocycles. The molecule has 33 heavy (non-hydrogen) atoms. The molecule has 9 heteroatoms. The van der Waals surface area contributed by atoms with Gasteiger partial charge in [0.15, 0.2) is 35.7 Å². The lowest BCUT2D eigenvalue weighted by atomic mass is 9.92. The first-order valence-corrected chi connectivity index (χ1v) is 10.1. The van der Waals surface area contributed by atoms with Gasteiger partial charge < -0.3 is 29.5 Å². The van der Waals surface area contributed by atoms with Crippen molar-refractivity contribution >= 4 is 22.7 Å². The van der Waals surface area contributed by atoms with Crippen LogP contribution in [0.2, 0.25) is 0 Å². The molecule has 3 N–H and O–H groups in total. The molecule has 3 aromatic rings. The molecule has 0 bridgehead atoms. The second kappa shape index (κ2) is 8.70. The number of aliphatic carboxylic acids is 2. The maximum absolute atomic E-state index is 10.1. The summed E-state index contributed by atoms with van der Waals surface area (Å²) in [6.07, 6.45) is 4.13. The minimum Gasteiger partial charge on any atom is -0.504 e. The Hall–Kier alpha value is -4.27. The fourth-order valence-corrected chi connectivity index (χ4v) is 4.13. The molecule has 9 nitrogen and oxygen atoms in total. The summed E-state index contributed by atoms with van der Waals surface area (Å²) in [6.45, 7) is 3.26. The Morgan fingerprint density at radius 3 is 2.48 bits per heavy atom. The highest BCUT2D eigenvalue weighted by molar-refractivity contribution is 5.95. The summed E-state index contributed by atoms with van der Waals surface area (Å²) in [7, 11) is 1.58. The monoisotopic (exact) mass is 452 g/mol. The zero-order chi connectivity index (χ0) is 23.7. The van der Waals surface area contributed by atoms with Crippen LogP contribution in [0.4, 0.5) is 0 Å². The van der Waals surface area contributed by atoms with Gasteiger partial charge in [0.2, 0.25) is 12.5 Å². The molecule has 0 saturated heterocycles. The van der Waals surface area contributed by atoms with E-state index >= 15 is 0 Å². The maximum atomic E-state index is 10.1. The first kappa shape index (κ1) is 21.9. The van der Waals surface area contributed by atoms with Crippen LogP contribution in [0.1, 0.15) is 11.1 Å². The second-order valence-electron chi connectivity index (χ2n) is 7.50. The number of rotatable bonds is 3. The zero-order valence-electron chi connectivity index (χ0n) is 18.0. The van der Waals surface area contributed by atoms with Crippen molar-refractivity contribution in [2.45, 2.75) is 19.9 Å². The quantitative estimate of drug-likeness (QED) is 0.409. The lowest BCUT2D eigenvalue weighted by Crippen LogP contribution is -2.40. The van der Waals surface area contributed by atoms with Gasteiger partial charge in [-0.3, -0.25) is 0 Å². The molecule has 2 aromatic carbocycles. The Morgan fingerprint density at radius 2 is 1.82 bits per heavy atom. The average Bonchev–Trinajstić information content (AvgIpc) is 3.27. The van der Waals surface area contributed by atoms with E-state index in [-0.39, 0.29) is 12.5 Å². The van der Waals surface area contributed by atoms with E-state index in [1.807, 2.05) is 18.2 Å². The largest absolute Gasteiger partial charge is 0.504 e. The molecule has 0 spiro atoms. The zero-order valence-corrected chi connectivity index (χ0v) is 18.0. The van der Waals surface area contributed by atoms with Crippen LogP contribution < -0.4 is 18.8 Å². The van der Waals surface area contributed by atoms with E-state index in [1.54, 1.807) is 7.11 Å². The van der Waals surface area contributed by atoms with Gasteiger partial charge in [-0.15, -0.1) is 0 Å². The third kappa shape index (κ3) is 4.12. The van der Waals surface area contributed by atoms with E-state index in [0.717, 1.165) is 52.1 Å². The van der Waals surface area contributed by atoms with Gasteiger partial charge in [-0.2, -0.15) is 4.57 Å². The molecular weight excluding hydrogens is 430 g/mol. The smallest absolute Gasteiger partial charge is 0.328 e. The number of carbonyl (C=O) groups is 2. The molecule has 170 valence electrons. The van der Waals surface area contributed by atoms with Gasteiger partial charge in [-0.1, -0.05) is 0 Å². The highest BCUT2D eigenvalue weighted by Crippen LogP contribution is 2.43. The highest BCUT2D eigenvalue weighted by Gasteiger charge is 2.30. The maximum Gasteiger partial charge on any atom is 0.328 e. The number of carboxylic acid groups (broad SMARTS) is 2. The molecule has 0 amide bonds. The van der Waals surface area contributed by atoms with E-state index in [1.165, 1.54) is 5.56 Å². The Kier molecular flexibility index (Phi) is 5.78. The van der Waals surface area contributed by atoms with Gasteiger partial charge in [0.25, 0.3) is 0 Å². The van der Waals surface area contributed by atoms with Crippen LogP contribution in [0.5, 0.6) is 23.0 Å². The number of carboxylic acids is 2. The Balaban J connectivity index is 0.000000281. The van der Waals surface area contributed by atoms with Crippen molar-refractivity contribution < 1.29 is 43.7 Å². The van der Waals surface area contributed by atoms with Gasteiger partial charge in [0.05, 0.1) is 18.1 Å². The van der Waals surface area contributed by atoms with Crippen molar-refractivity contribution in [2.24, 2.45) is 0 Å². The van der Waals surface area contributed by atoms with Gasteiger partial charge in [-0.25, -0.2) is 9.59 Å². The predicted octanol–water partition coefficient (Wildman–Crippen LogP) is 2.81. The topological polar surface area (TPSA) is 126 Å². The molecule has 2 aliphatic heterocycles. The number of aryl methyl sites for hydroxylation is 3. The molecular formula is C24H22NO8+. The van der Waals surface area contributed by atoms with Crippen LogP contribution in [0, 0.1) is 6.92 Å². The van der Waals surface area contributed by atoms with Crippen molar-refractivity contribution in [1.82, 2.24) is 0 Å². The van der Waals surface area contributed by atoms with Gasteiger partial charge in [-0.05, 0) is 36.8 Å². The summed E-state index contributed by atoms with van der Waals surface area (Å²) in [5, 5.41) is 27.9. The number of phenolic OH excluding ortho intramolecular Hbond substituents is 1. The number of nitrogens with zero attached hydrogens (tertiary/aromatic N) is 1. The summed E-state index contributed by atoms with van der Waals surface area (Å²) in [6, 6.07) is 7.81. The number of fused-ring (bicyclic) bond motifs is 6. The number of benzene rings is 2. The summed E-state index contributed by atoms with van der Waals surface area (Å²) < 4.78 is 18.8. The number of pyridine rings is 1. The Morgan fingerprint density at radius 1 is 1.09 bits per heavy atom. The van der Waals surface area contributed by atoms with E-state index < -0.39 is 11.9 Å². The lowest BCUT2D eigenvalue weighted by Gasteiger charge is -2.19. The van der Waals surface area contributed by atoms with Crippen LogP contribution in [-0.2, 0) is 22.6 Å². The molecule has 0 atom stereocenters. The van der Waals surface area contributed by atoms with Gasteiger partial charge >= 0.3 is 11.9 Å². The fraction of sp³-hybridized carbons (Fsp3) is 0.208. The number of methoxy groups -OCH3 is 1. The Bertz CT molecular complexity index is 1300. The first-order valence-electron chi connectivity index (χ1n) is 10.1. The molecule has 0 aliphatic carbocycles. The van der Waals surface area contributed by atoms with Crippen LogP contribution >= 0.6 is 0 Å². The van der Waals surface area contributed by atoms with Gasteiger partial charge in [0.1, 0.15) is 0 Å². The number of hydrogen-bond donors (Lipinski definition) is 3. The minimum absolute atomic E-state index is 0.191. The number of aromatic hydroxyl groups is 1. The van der Waals surface area contributed by atoms with Crippen molar-refractivity contribution in [3.05, 3.63) is 53.7 Å². The summed E-state index contributed by atoms with van der Waals surface area (Å²) in [4.78, 5) is 19.1. The summed E-state index contributed by atoms with van der Waals surface area (Å²) in [5.41, 5.74) is 4.59. The number of aromatic nitrogens is 1. The van der Waals surface area contributed by atoms with Gasteiger partial charge in [0, 0.05) is 29.5 Å². The molecule has 3 heterocycles. The SMILES string of the molecule is COc1cc2c(cc1O)CC[n+]1cc3c4c(ccc3c(C)c1-2)OCO4.O=C(O)/C=C/C(=O)O. The third-order valence-corrected chi connectivity index (χ3v) is 5.56. The van der Waals surface area contributed by atoms with Crippen LogP contribution in [0.25, 0.3) is 22.0 Å². The fourth-order valence-electron chi connectivity index (χ4n) is 4.13. The van der Waals surface area contributed by atoms with Crippen LogP contribution in [-0.4, -0.2) is 41.2 Å². The number of phenols is 1. The number of hydrogen-bond acceptors (Lipinski definition) is 6. The molecule has 5 rings (SSSR count). The predicted molar refractivity (Wildman–Crippen MR) is 117 cm³/mol. The Labute approximate surface area is 188 Å². The summed E-state index contributed by atoms with van der Waals surface area (Å²) >= 11 is 0. The van der Waals surface area contributed by atoms with Crippen molar-refractivity contribution in [1.29, 1.82) is 0 Å².